The smallest absolute Gasteiger partial charge is 0.335 e. The highest BCUT2D eigenvalue weighted by Gasteiger charge is 2.30. The fourth-order valence-electron chi connectivity index (χ4n) is 3.19. The molecule has 0 spiro atoms. The van der Waals surface area contributed by atoms with Crippen molar-refractivity contribution < 1.29 is 19.4 Å². The van der Waals surface area contributed by atoms with Crippen LogP contribution in [0, 0.1) is 6.92 Å². The first-order valence-corrected chi connectivity index (χ1v) is 12.0. The molecule has 0 aliphatic carbocycles. The molecule has 1 aliphatic heterocycles. The Hall–Kier alpha value is -3.36. The topological polar surface area (TPSA) is 79.2 Å². The number of hydrogen-bond acceptors (Lipinski definition) is 5. The van der Waals surface area contributed by atoms with Gasteiger partial charge in [-0.15, -0.1) is 0 Å². The Morgan fingerprint density at radius 2 is 1.82 bits per heavy atom. The lowest BCUT2D eigenvalue weighted by Gasteiger charge is -2.11. The number of hydrogen-bond donors (Lipinski definition) is 1. The fraction of sp³-hybridized carbons (Fsp3) is 0.115. The molecule has 8 heteroatoms. The number of amidine groups is 1. The molecule has 4 rings (SSSR count). The van der Waals surface area contributed by atoms with Crippen molar-refractivity contribution in [3.05, 3.63) is 98.4 Å². The van der Waals surface area contributed by atoms with Gasteiger partial charge in [-0.05, 0) is 72.8 Å². The molecule has 1 fully saturated rings. The maximum Gasteiger partial charge on any atom is 0.335 e. The van der Waals surface area contributed by atoms with Gasteiger partial charge >= 0.3 is 5.97 Å². The number of thioether (sulfide) groups is 1. The molecule has 0 saturated carbocycles. The number of amides is 1. The van der Waals surface area contributed by atoms with Gasteiger partial charge in [0.1, 0.15) is 12.4 Å². The third-order valence-corrected chi connectivity index (χ3v) is 6.67. The standard InChI is InChI=1S/C26H21BrN2O4S/c1-16-3-5-17(6-4-16)15-33-22-12-9-20(27)13-19(22)14-23-24(30)29(2)26(34-23)28-21-10-7-18(8-11-21)25(31)32/h3-14H,15H2,1-2H3,(H,31,32). The molecule has 0 atom stereocenters. The van der Waals surface area contributed by atoms with E-state index in [1.54, 1.807) is 25.3 Å². The lowest BCUT2D eigenvalue weighted by Crippen LogP contribution is -2.23. The van der Waals surface area contributed by atoms with Crippen LogP contribution in [0.4, 0.5) is 5.69 Å². The second-order valence-electron chi connectivity index (χ2n) is 7.68. The number of ether oxygens (including phenoxy) is 1. The lowest BCUT2D eigenvalue weighted by atomic mass is 10.1. The van der Waals surface area contributed by atoms with Crippen LogP contribution in [-0.2, 0) is 11.4 Å². The van der Waals surface area contributed by atoms with Crippen LogP contribution in [0.15, 0.2) is 81.1 Å². The predicted octanol–water partition coefficient (Wildman–Crippen LogP) is 6.27. The third-order valence-electron chi connectivity index (χ3n) is 5.12. The average molecular weight is 537 g/mol. The van der Waals surface area contributed by atoms with Crippen molar-refractivity contribution in [1.29, 1.82) is 0 Å². The number of benzene rings is 3. The first-order chi connectivity index (χ1) is 16.3. The number of carboxylic acids is 1. The molecule has 172 valence electrons. The van der Waals surface area contributed by atoms with Crippen molar-refractivity contribution in [3.8, 4) is 5.75 Å². The molecule has 1 saturated heterocycles. The highest BCUT2D eigenvalue weighted by atomic mass is 79.9. The van der Waals surface area contributed by atoms with E-state index < -0.39 is 5.97 Å². The summed E-state index contributed by atoms with van der Waals surface area (Å²) in [5.41, 5.74) is 3.77. The molecular formula is C26H21BrN2O4S. The van der Waals surface area contributed by atoms with Gasteiger partial charge in [-0.2, -0.15) is 0 Å². The van der Waals surface area contributed by atoms with Crippen LogP contribution in [-0.4, -0.2) is 34.1 Å². The Morgan fingerprint density at radius 3 is 2.50 bits per heavy atom. The van der Waals surface area contributed by atoms with Crippen LogP contribution in [0.3, 0.4) is 0 Å². The van der Waals surface area contributed by atoms with Gasteiger partial charge in [0.15, 0.2) is 5.17 Å². The van der Waals surface area contributed by atoms with Crippen LogP contribution in [0.5, 0.6) is 5.75 Å². The SMILES string of the molecule is Cc1ccc(COc2ccc(Br)cc2C=C2SC(=Nc3ccc(C(=O)O)cc3)N(C)C2=O)cc1. The second-order valence-corrected chi connectivity index (χ2v) is 9.60. The van der Waals surface area contributed by atoms with Gasteiger partial charge in [-0.25, -0.2) is 9.79 Å². The van der Waals surface area contributed by atoms with Crippen LogP contribution < -0.4 is 4.74 Å². The number of carbonyl (C=O) groups is 2. The zero-order valence-electron chi connectivity index (χ0n) is 18.5. The van der Waals surface area contributed by atoms with E-state index in [1.807, 2.05) is 49.4 Å². The first kappa shape index (κ1) is 23.8. The molecule has 1 N–H and O–H groups in total. The molecule has 1 heterocycles. The van der Waals surface area contributed by atoms with E-state index in [9.17, 15) is 9.59 Å². The van der Waals surface area contributed by atoms with Crippen molar-refractivity contribution in [1.82, 2.24) is 4.90 Å². The Balaban J connectivity index is 1.57. The van der Waals surface area contributed by atoms with E-state index in [0.29, 0.717) is 28.1 Å². The normalized spacial score (nSPS) is 15.9. The van der Waals surface area contributed by atoms with Gasteiger partial charge in [0.25, 0.3) is 5.91 Å². The summed E-state index contributed by atoms with van der Waals surface area (Å²) in [6.07, 6.45) is 1.80. The summed E-state index contributed by atoms with van der Waals surface area (Å²) in [6.45, 7) is 2.46. The Morgan fingerprint density at radius 1 is 1.12 bits per heavy atom. The number of rotatable bonds is 6. The average Bonchev–Trinajstić information content (AvgIpc) is 3.07. The van der Waals surface area contributed by atoms with E-state index >= 15 is 0 Å². The minimum Gasteiger partial charge on any atom is -0.488 e. The van der Waals surface area contributed by atoms with Gasteiger partial charge in [0.2, 0.25) is 0 Å². The Bertz CT molecular complexity index is 1300. The molecule has 6 nitrogen and oxygen atoms in total. The van der Waals surface area contributed by atoms with E-state index in [2.05, 4.69) is 20.9 Å². The van der Waals surface area contributed by atoms with E-state index in [0.717, 1.165) is 15.6 Å². The summed E-state index contributed by atoms with van der Waals surface area (Å²) < 4.78 is 6.94. The highest BCUT2D eigenvalue weighted by molar-refractivity contribution is 9.10. The molecule has 0 aromatic heterocycles. The molecule has 34 heavy (non-hydrogen) atoms. The molecule has 0 unspecified atom stereocenters. The van der Waals surface area contributed by atoms with Crippen LogP contribution in [0.25, 0.3) is 6.08 Å². The molecule has 3 aromatic carbocycles. The molecule has 3 aromatic rings. The summed E-state index contributed by atoms with van der Waals surface area (Å²) in [4.78, 5) is 30.4. The molecule has 0 bridgehead atoms. The van der Waals surface area contributed by atoms with E-state index in [-0.39, 0.29) is 11.5 Å². The number of nitrogens with zero attached hydrogens (tertiary/aromatic N) is 2. The summed E-state index contributed by atoms with van der Waals surface area (Å²) >= 11 is 4.75. The highest BCUT2D eigenvalue weighted by Crippen LogP contribution is 2.35. The van der Waals surface area contributed by atoms with E-state index in [1.165, 1.54) is 34.4 Å². The van der Waals surface area contributed by atoms with Crippen molar-refractivity contribution in [2.24, 2.45) is 4.99 Å². The van der Waals surface area contributed by atoms with Gasteiger partial charge in [-0.3, -0.25) is 9.69 Å². The summed E-state index contributed by atoms with van der Waals surface area (Å²) in [6, 6.07) is 20.0. The maximum atomic E-state index is 12.9. The quantitative estimate of drug-likeness (QED) is 0.375. The van der Waals surface area contributed by atoms with Crippen LogP contribution >= 0.6 is 27.7 Å². The zero-order valence-corrected chi connectivity index (χ0v) is 20.9. The number of aromatic carboxylic acids is 1. The molecular weight excluding hydrogens is 516 g/mol. The number of likely N-dealkylation sites (N-methyl/N-ethyl adjacent to an activating group) is 1. The largest absolute Gasteiger partial charge is 0.488 e. The van der Waals surface area contributed by atoms with Crippen molar-refractivity contribution in [2.45, 2.75) is 13.5 Å². The summed E-state index contributed by atoms with van der Waals surface area (Å²) in [5.74, 6) is -0.501. The zero-order chi connectivity index (χ0) is 24.2. The number of carbonyl (C=O) groups excluding carboxylic acids is 1. The fourth-order valence-corrected chi connectivity index (χ4v) is 4.55. The number of carboxylic acid groups (broad SMARTS) is 1. The van der Waals surface area contributed by atoms with Crippen molar-refractivity contribution in [2.75, 3.05) is 7.05 Å². The number of aryl methyl sites for hydroxylation is 1. The third kappa shape index (κ3) is 5.58. The Kier molecular flexibility index (Phi) is 7.19. The molecule has 1 aliphatic rings. The number of halogens is 1. The van der Waals surface area contributed by atoms with Gasteiger partial charge in [0.05, 0.1) is 16.2 Å². The van der Waals surface area contributed by atoms with Crippen molar-refractivity contribution in [3.63, 3.8) is 0 Å². The van der Waals surface area contributed by atoms with E-state index in [4.69, 9.17) is 9.84 Å². The Labute approximate surface area is 210 Å². The lowest BCUT2D eigenvalue weighted by molar-refractivity contribution is -0.121. The van der Waals surface area contributed by atoms with Crippen LogP contribution in [0.2, 0.25) is 0 Å². The minimum atomic E-state index is -0.999. The minimum absolute atomic E-state index is 0.171. The molecule has 0 radical (unpaired) electrons. The summed E-state index contributed by atoms with van der Waals surface area (Å²) in [7, 11) is 1.66. The second kappa shape index (κ2) is 10.3. The van der Waals surface area contributed by atoms with Gasteiger partial charge in [0, 0.05) is 17.1 Å². The monoisotopic (exact) mass is 536 g/mol. The maximum absolute atomic E-state index is 12.9. The first-order valence-electron chi connectivity index (χ1n) is 10.4. The van der Waals surface area contributed by atoms with Gasteiger partial charge in [-0.1, -0.05) is 45.8 Å². The molecule has 1 amide bonds. The predicted molar refractivity (Wildman–Crippen MR) is 138 cm³/mol. The van der Waals surface area contributed by atoms with Gasteiger partial charge < -0.3 is 9.84 Å². The van der Waals surface area contributed by atoms with Crippen molar-refractivity contribution >= 4 is 56.5 Å². The summed E-state index contributed by atoms with van der Waals surface area (Å²) in [5, 5.41) is 9.56. The number of aliphatic imine (C=N–C) groups is 1. The van der Waals surface area contributed by atoms with Crippen LogP contribution in [0.1, 0.15) is 27.0 Å².